The summed E-state index contributed by atoms with van der Waals surface area (Å²) in [5.74, 6) is 3.34. The molecule has 0 saturated carbocycles. The van der Waals surface area contributed by atoms with Gasteiger partial charge in [-0.2, -0.15) is 0 Å². The molecule has 31 heavy (non-hydrogen) atoms. The molecular weight excluding hydrogens is 384 g/mol. The van der Waals surface area contributed by atoms with E-state index in [1.54, 1.807) is 0 Å². The van der Waals surface area contributed by atoms with Gasteiger partial charge in [0.1, 0.15) is 23.3 Å². The van der Waals surface area contributed by atoms with Crippen LogP contribution in [0.3, 0.4) is 0 Å². The predicted octanol–water partition coefficient (Wildman–Crippen LogP) is 3.21. The van der Waals surface area contributed by atoms with E-state index in [-0.39, 0.29) is 0 Å². The van der Waals surface area contributed by atoms with Gasteiger partial charge < -0.3 is 19.2 Å². The maximum absolute atomic E-state index is 4.98. The van der Waals surface area contributed by atoms with Crippen molar-refractivity contribution in [2.24, 2.45) is 0 Å². The molecule has 0 aliphatic carbocycles. The van der Waals surface area contributed by atoms with Crippen molar-refractivity contribution in [3.63, 3.8) is 0 Å². The van der Waals surface area contributed by atoms with E-state index in [9.17, 15) is 0 Å². The number of rotatable bonds is 1. The number of anilines is 5. The lowest BCUT2D eigenvalue weighted by Crippen LogP contribution is -2.37. The molecule has 0 unspecified atom stereocenters. The van der Waals surface area contributed by atoms with Crippen molar-refractivity contribution in [1.29, 1.82) is 0 Å². The first-order valence-corrected chi connectivity index (χ1v) is 10.3. The second-order valence-corrected chi connectivity index (χ2v) is 7.50. The molecule has 3 aliphatic rings. The number of benzene rings is 1. The van der Waals surface area contributed by atoms with Gasteiger partial charge in [-0.05, 0) is 36.4 Å². The number of hydrogen-bond donors (Lipinski definition) is 0. The Kier molecular flexibility index (Phi) is 4.30. The summed E-state index contributed by atoms with van der Waals surface area (Å²) in [6.07, 6.45) is 8.24. The lowest BCUT2D eigenvalue weighted by Gasteiger charge is -2.25. The van der Waals surface area contributed by atoms with Crippen molar-refractivity contribution < 1.29 is 0 Å². The normalized spacial score (nSPS) is 16.7. The maximum atomic E-state index is 4.98. The Labute approximate surface area is 183 Å². The van der Waals surface area contributed by atoms with Crippen molar-refractivity contribution in [2.75, 3.05) is 27.6 Å². The molecule has 0 N–H and O–H groups in total. The van der Waals surface area contributed by atoms with Crippen molar-refractivity contribution >= 4 is 44.1 Å². The van der Waals surface area contributed by atoms with E-state index >= 15 is 0 Å². The van der Waals surface area contributed by atoms with Crippen LogP contribution < -0.4 is 14.5 Å². The fourth-order valence-corrected chi connectivity index (χ4v) is 3.87. The first-order valence-electron chi connectivity index (χ1n) is 10.3. The summed E-state index contributed by atoms with van der Waals surface area (Å²) in [4.78, 5) is 20.5. The third-order valence-electron chi connectivity index (χ3n) is 5.44. The van der Waals surface area contributed by atoms with Gasteiger partial charge in [-0.25, -0.2) is 9.97 Å². The average Bonchev–Trinajstić information content (AvgIpc) is 3.49. The summed E-state index contributed by atoms with van der Waals surface area (Å²) in [5.41, 5.74) is 1.01. The number of fused-ring (bicyclic) bond motifs is 10. The molecule has 9 heteroatoms. The Morgan fingerprint density at radius 1 is 0.548 bits per heavy atom. The largest absolute Gasteiger partial charge is 0.402 e. The lowest BCUT2D eigenvalue weighted by molar-refractivity contribution is 0.496. The van der Waals surface area contributed by atoms with Crippen LogP contribution in [0.2, 0.25) is 0 Å². The van der Waals surface area contributed by atoms with Gasteiger partial charge in [-0.1, -0.05) is 30.3 Å². The van der Waals surface area contributed by atoms with E-state index in [4.69, 9.17) is 9.97 Å². The molecule has 0 amide bonds. The maximum Gasteiger partial charge on any atom is 0.396 e. The molecule has 148 valence electrons. The summed E-state index contributed by atoms with van der Waals surface area (Å²) < 4.78 is 0. The molecule has 0 saturated heterocycles. The smallest absolute Gasteiger partial charge is 0.396 e. The summed E-state index contributed by atoms with van der Waals surface area (Å²) in [5, 5.41) is 0. The van der Waals surface area contributed by atoms with Gasteiger partial charge in [0.05, 0.1) is 0 Å². The van der Waals surface area contributed by atoms with E-state index in [1.165, 1.54) is 0 Å². The highest BCUT2D eigenvalue weighted by atomic mass is 15.3. The zero-order valence-corrected chi connectivity index (χ0v) is 16.9. The third kappa shape index (κ3) is 3.38. The zero-order valence-electron chi connectivity index (χ0n) is 16.9. The molecule has 0 atom stereocenters. The highest BCUT2D eigenvalue weighted by Crippen LogP contribution is 2.34. The molecule has 3 aromatic rings. The molecule has 0 fully saturated rings. The molecule has 3 aliphatic heterocycles. The highest BCUT2D eigenvalue weighted by Gasteiger charge is 2.24. The van der Waals surface area contributed by atoms with Gasteiger partial charge in [-0.3, -0.25) is 4.90 Å². The molecule has 5 heterocycles. The van der Waals surface area contributed by atoms with Crippen LogP contribution in [0.5, 0.6) is 0 Å². The quantitative estimate of drug-likeness (QED) is 0.579. The molecule has 0 spiro atoms. The van der Waals surface area contributed by atoms with E-state index in [1.807, 2.05) is 76.6 Å². The van der Waals surface area contributed by atoms with Crippen LogP contribution in [0.4, 0.5) is 29.0 Å². The Morgan fingerprint density at radius 2 is 1.06 bits per heavy atom. The third-order valence-corrected chi connectivity index (χ3v) is 5.44. The lowest BCUT2D eigenvalue weighted by atomic mass is 10.1. The average molecular weight is 403 g/mol. The van der Waals surface area contributed by atoms with Crippen LogP contribution in [0, 0.1) is 0 Å². The monoisotopic (exact) mass is 403 g/mol. The number of pyridine rings is 2. The van der Waals surface area contributed by atoms with Crippen LogP contribution in [-0.4, -0.2) is 47.8 Å². The second kappa shape index (κ2) is 7.43. The zero-order chi connectivity index (χ0) is 20.6. The van der Waals surface area contributed by atoms with Gasteiger partial charge in [-0.15, -0.1) is 0 Å². The standard InChI is InChI=1S/C22H19B2N7/c1-2-6-18(7-3-1)31-21-10-4-8-19(25-21)29-16-14-27(23-29)12-13-28-15-17-30(24-28)20-9-5-11-22(31)26-20/h1-11,14-17H,12-13H2. The van der Waals surface area contributed by atoms with E-state index < -0.39 is 0 Å². The molecule has 1 aromatic carbocycles. The topological polar surface area (TPSA) is 42.0 Å². The number of nitrogens with zero attached hydrogens (tertiary/aromatic N) is 7. The fraction of sp³-hybridized carbons (Fsp3) is 0.0909. The fourth-order valence-electron chi connectivity index (χ4n) is 3.87. The Morgan fingerprint density at radius 3 is 1.61 bits per heavy atom. The van der Waals surface area contributed by atoms with Crippen molar-refractivity contribution in [1.82, 2.24) is 19.6 Å². The minimum absolute atomic E-state index is 0.811. The summed E-state index contributed by atoms with van der Waals surface area (Å²) in [6, 6.07) is 22.4. The number of aromatic nitrogens is 2. The van der Waals surface area contributed by atoms with Gasteiger partial charge in [0.2, 0.25) is 0 Å². The van der Waals surface area contributed by atoms with Crippen LogP contribution >= 0.6 is 0 Å². The first kappa shape index (κ1) is 17.9. The van der Waals surface area contributed by atoms with Gasteiger partial charge in [0.25, 0.3) is 0 Å². The van der Waals surface area contributed by atoms with E-state index in [2.05, 4.69) is 54.2 Å². The van der Waals surface area contributed by atoms with Crippen molar-refractivity contribution in [3.05, 3.63) is 91.5 Å². The number of hydrogen-bond acceptors (Lipinski definition) is 7. The highest BCUT2D eigenvalue weighted by molar-refractivity contribution is 6.41. The molecule has 2 radical (unpaired) electrons. The predicted molar refractivity (Wildman–Crippen MR) is 125 cm³/mol. The summed E-state index contributed by atoms with van der Waals surface area (Å²) in [6.45, 7) is 1.73. The molecular formula is C22H19B2N7. The van der Waals surface area contributed by atoms with E-state index in [0.29, 0.717) is 0 Å². The molecule has 6 rings (SSSR count). The van der Waals surface area contributed by atoms with Crippen LogP contribution in [0.1, 0.15) is 0 Å². The van der Waals surface area contributed by atoms with Crippen LogP contribution in [-0.2, 0) is 0 Å². The number of para-hydroxylation sites is 1. The summed E-state index contributed by atoms with van der Waals surface area (Å²) in [7, 11) is 4.16. The minimum atomic E-state index is 0.811. The first-order chi connectivity index (χ1) is 15.3. The Bertz CT molecular complexity index is 1080. The SMILES string of the molecule is [B]1N2C=CN1c1cccc(n1)N(c1ccccc1)c1cccc(n1)N1[B]N(C=C1)CC2. The summed E-state index contributed by atoms with van der Waals surface area (Å²) >= 11 is 0. The minimum Gasteiger partial charge on any atom is -0.402 e. The van der Waals surface area contributed by atoms with Gasteiger partial charge >= 0.3 is 15.1 Å². The van der Waals surface area contributed by atoms with Gasteiger partial charge in [0, 0.05) is 43.6 Å². The van der Waals surface area contributed by atoms with E-state index in [0.717, 1.165) is 42.0 Å². The van der Waals surface area contributed by atoms with Crippen molar-refractivity contribution in [2.45, 2.75) is 0 Å². The van der Waals surface area contributed by atoms with Crippen molar-refractivity contribution in [3.8, 4) is 0 Å². The Hall–Kier alpha value is -3.87. The molecule has 2 aromatic heterocycles. The van der Waals surface area contributed by atoms with Gasteiger partial charge in [0.15, 0.2) is 0 Å². The second-order valence-electron chi connectivity index (χ2n) is 7.50. The molecule has 7 nitrogen and oxygen atoms in total. The molecule has 8 bridgehead atoms. The Balaban J connectivity index is 1.50. The van der Waals surface area contributed by atoms with Crippen LogP contribution in [0.15, 0.2) is 91.5 Å². The van der Waals surface area contributed by atoms with Crippen LogP contribution in [0.25, 0.3) is 0 Å².